The summed E-state index contributed by atoms with van der Waals surface area (Å²) in [5.74, 6) is -0.170. The van der Waals surface area contributed by atoms with Crippen LogP contribution in [0.25, 0.3) is 0 Å². The molecule has 0 bridgehead atoms. The zero-order chi connectivity index (χ0) is 12.4. The molecule has 0 unspecified atom stereocenters. The Balaban J connectivity index is 3.65. The molecule has 0 saturated heterocycles. The van der Waals surface area contributed by atoms with Crippen LogP contribution in [0.5, 0.6) is 0 Å². The Morgan fingerprint density at radius 3 is 2.31 bits per heavy atom. The first-order valence-corrected chi connectivity index (χ1v) is 6.36. The normalized spacial score (nSPS) is 11.2. The average molecular weight is 226 g/mol. The second-order valence-electron chi connectivity index (χ2n) is 4.97. The van der Waals surface area contributed by atoms with Crippen molar-refractivity contribution in [1.82, 2.24) is 0 Å². The average Bonchev–Trinajstić information content (AvgIpc) is 2.23. The topological polar surface area (TPSA) is 26.3 Å². The highest BCUT2D eigenvalue weighted by Gasteiger charge is 2.28. The Bertz CT molecular complexity index is 207. The van der Waals surface area contributed by atoms with Gasteiger partial charge in [0.15, 0.2) is 0 Å². The van der Waals surface area contributed by atoms with E-state index in [1.807, 2.05) is 13.8 Å². The Morgan fingerprint density at radius 2 is 1.75 bits per heavy atom. The maximum atomic E-state index is 11.5. The number of hydrogen-bond donors (Lipinski definition) is 0. The molecule has 0 aliphatic heterocycles. The third kappa shape index (κ3) is 6.65. The molecule has 0 fully saturated rings. The van der Waals surface area contributed by atoms with Gasteiger partial charge in [0.25, 0.3) is 0 Å². The fraction of sp³-hybridized carbons (Fsp3) is 0.786. The SMILES string of the molecule is C=COC(=O)C(C)(C)CCCCCCCC. The molecule has 0 amide bonds. The Morgan fingerprint density at radius 1 is 1.19 bits per heavy atom. The van der Waals surface area contributed by atoms with E-state index >= 15 is 0 Å². The van der Waals surface area contributed by atoms with E-state index < -0.39 is 0 Å². The van der Waals surface area contributed by atoms with Crippen molar-refractivity contribution in [3.05, 3.63) is 12.8 Å². The summed E-state index contributed by atoms with van der Waals surface area (Å²) in [4.78, 5) is 11.5. The van der Waals surface area contributed by atoms with Gasteiger partial charge in [-0.05, 0) is 20.3 Å². The summed E-state index contributed by atoms with van der Waals surface area (Å²) < 4.78 is 4.83. The van der Waals surface area contributed by atoms with Gasteiger partial charge in [-0.2, -0.15) is 0 Å². The lowest BCUT2D eigenvalue weighted by Crippen LogP contribution is -2.25. The first-order chi connectivity index (χ1) is 7.54. The van der Waals surface area contributed by atoms with E-state index in [1.165, 1.54) is 38.4 Å². The van der Waals surface area contributed by atoms with E-state index in [-0.39, 0.29) is 11.4 Å². The Labute approximate surface area is 100 Å². The van der Waals surface area contributed by atoms with Gasteiger partial charge in [0.1, 0.15) is 0 Å². The number of hydrogen-bond acceptors (Lipinski definition) is 2. The van der Waals surface area contributed by atoms with E-state index in [4.69, 9.17) is 4.74 Å². The van der Waals surface area contributed by atoms with Crippen molar-refractivity contribution >= 4 is 5.97 Å². The number of ether oxygens (including phenoxy) is 1. The molecule has 0 aromatic heterocycles. The number of carbonyl (C=O) groups excluding carboxylic acids is 1. The molecule has 0 aromatic carbocycles. The highest BCUT2D eigenvalue weighted by molar-refractivity contribution is 5.76. The molecule has 0 aromatic rings. The van der Waals surface area contributed by atoms with Crippen LogP contribution < -0.4 is 0 Å². The smallest absolute Gasteiger partial charge is 0.316 e. The van der Waals surface area contributed by atoms with Crippen molar-refractivity contribution in [1.29, 1.82) is 0 Å². The van der Waals surface area contributed by atoms with Gasteiger partial charge < -0.3 is 4.74 Å². The van der Waals surface area contributed by atoms with Gasteiger partial charge >= 0.3 is 5.97 Å². The van der Waals surface area contributed by atoms with Crippen molar-refractivity contribution < 1.29 is 9.53 Å². The maximum absolute atomic E-state index is 11.5. The summed E-state index contributed by atoms with van der Waals surface area (Å²) >= 11 is 0. The zero-order valence-corrected chi connectivity index (χ0v) is 11.1. The summed E-state index contributed by atoms with van der Waals surface area (Å²) in [6, 6.07) is 0. The third-order valence-corrected chi connectivity index (χ3v) is 2.90. The van der Waals surface area contributed by atoms with E-state index in [0.29, 0.717) is 0 Å². The van der Waals surface area contributed by atoms with Gasteiger partial charge in [-0.1, -0.05) is 52.0 Å². The molecule has 2 nitrogen and oxygen atoms in total. The molecule has 94 valence electrons. The number of rotatable bonds is 9. The standard InChI is InChI=1S/C14H26O2/c1-5-7-8-9-10-11-12-14(3,4)13(15)16-6-2/h6H,2,5,7-12H2,1,3-4H3. The molecule has 0 saturated carbocycles. The fourth-order valence-corrected chi connectivity index (χ4v) is 1.68. The van der Waals surface area contributed by atoms with Crippen LogP contribution in [-0.4, -0.2) is 5.97 Å². The van der Waals surface area contributed by atoms with Gasteiger partial charge in [-0.3, -0.25) is 4.79 Å². The monoisotopic (exact) mass is 226 g/mol. The van der Waals surface area contributed by atoms with Crippen LogP contribution in [0.3, 0.4) is 0 Å². The minimum atomic E-state index is -0.376. The largest absolute Gasteiger partial charge is 0.435 e. The lowest BCUT2D eigenvalue weighted by molar-refractivity contribution is -0.148. The molecule has 0 spiro atoms. The predicted octanol–water partition coefficient (Wildman–Crippen LogP) is 4.45. The molecule has 0 aliphatic carbocycles. The fourth-order valence-electron chi connectivity index (χ4n) is 1.68. The lowest BCUT2D eigenvalue weighted by atomic mass is 9.87. The van der Waals surface area contributed by atoms with Crippen LogP contribution >= 0.6 is 0 Å². The zero-order valence-electron chi connectivity index (χ0n) is 11.1. The summed E-state index contributed by atoms with van der Waals surface area (Å²) in [6.07, 6.45) is 9.61. The number of carbonyl (C=O) groups is 1. The van der Waals surface area contributed by atoms with Crippen LogP contribution in [0.2, 0.25) is 0 Å². The molecule has 0 N–H and O–H groups in total. The molecule has 0 atom stereocenters. The van der Waals surface area contributed by atoms with Crippen LogP contribution in [-0.2, 0) is 9.53 Å². The van der Waals surface area contributed by atoms with Crippen LogP contribution in [0, 0.1) is 5.41 Å². The lowest BCUT2D eigenvalue weighted by Gasteiger charge is -2.20. The van der Waals surface area contributed by atoms with Gasteiger partial charge in [-0.15, -0.1) is 0 Å². The van der Waals surface area contributed by atoms with Gasteiger partial charge in [0, 0.05) is 0 Å². The molecular formula is C14H26O2. The van der Waals surface area contributed by atoms with Crippen LogP contribution in [0.4, 0.5) is 0 Å². The predicted molar refractivity (Wildman–Crippen MR) is 68.1 cm³/mol. The van der Waals surface area contributed by atoms with Crippen molar-refractivity contribution in [3.8, 4) is 0 Å². The molecule has 0 heterocycles. The summed E-state index contributed by atoms with van der Waals surface area (Å²) in [5.41, 5.74) is -0.376. The summed E-state index contributed by atoms with van der Waals surface area (Å²) in [5, 5.41) is 0. The van der Waals surface area contributed by atoms with E-state index in [0.717, 1.165) is 12.8 Å². The van der Waals surface area contributed by atoms with Crippen molar-refractivity contribution in [2.75, 3.05) is 0 Å². The Hall–Kier alpha value is -0.790. The first-order valence-electron chi connectivity index (χ1n) is 6.36. The van der Waals surface area contributed by atoms with Crippen molar-refractivity contribution in [2.24, 2.45) is 5.41 Å². The van der Waals surface area contributed by atoms with Gasteiger partial charge in [0.2, 0.25) is 0 Å². The van der Waals surface area contributed by atoms with Gasteiger partial charge in [0.05, 0.1) is 11.7 Å². The Kier molecular flexibility index (Phi) is 7.96. The second kappa shape index (κ2) is 8.37. The molecule has 0 aliphatic rings. The number of esters is 1. The molecule has 0 rings (SSSR count). The first kappa shape index (κ1) is 15.2. The highest BCUT2D eigenvalue weighted by Crippen LogP contribution is 2.25. The molecular weight excluding hydrogens is 200 g/mol. The van der Waals surface area contributed by atoms with E-state index in [2.05, 4.69) is 13.5 Å². The van der Waals surface area contributed by atoms with Crippen LogP contribution in [0.15, 0.2) is 12.8 Å². The molecule has 16 heavy (non-hydrogen) atoms. The molecule has 0 radical (unpaired) electrons. The van der Waals surface area contributed by atoms with Crippen molar-refractivity contribution in [2.45, 2.75) is 65.7 Å². The van der Waals surface area contributed by atoms with E-state index in [1.54, 1.807) is 0 Å². The quantitative estimate of drug-likeness (QED) is 0.330. The minimum Gasteiger partial charge on any atom is -0.435 e. The highest BCUT2D eigenvalue weighted by atomic mass is 16.5. The second-order valence-corrected chi connectivity index (χ2v) is 4.97. The van der Waals surface area contributed by atoms with Crippen molar-refractivity contribution in [3.63, 3.8) is 0 Å². The summed E-state index contributed by atoms with van der Waals surface area (Å²) in [7, 11) is 0. The summed E-state index contributed by atoms with van der Waals surface area (Å²) in [6.45, 7) is 9.49. The van der Waals surface area contributed by atoms with Gasteiger partial charge in [-0.25, -0.2) is 0 Å². The maximum Gasteiger partial charge on any atom is 0.316 e. The third-order valence-electron chi connectivity index (χ3n) is 2.90. The minimum absolute atomic E-state index is 0.170. The van der Waals surface area contributed by atoms with Crippen LogP contribution in [0.1, 0.15) is 65.7 Å². The number of unbranched alkanes of at least 4 members (excludes halogenated alkanes) is 5. The molecule has 2 heteroatoms. The van der Waals surface area contributed by atoms with E-state index in [9.17, 15) is 4.79 Å².